The molecular weight excluding hydrogens is 218 g/mol. The molecule has 92 valence electrons. The maximum Gasteiger partial charge on any atom is 0.272 e. The Balaban J connectivity index is 2.09. The number of nitrogens with zero attached hydrogens (tertiary/aromatic N) is 1. The molecule has 1 N–H and O–H groups in total. The fourth-order valence-electron chi connectivity index (χ4n) is 2.60. The molecule has 2 rings (SSSR count). The number of hydrogen-bond acceptors (Lipinski definition) is 3. The molecule has 0 heterocycles. The molecule has 1 saturated carbocycles. The van der Waals surface area contributed by atoms with Crippen LogP contribution in [0.5, 0.6) is 0 Å². The lowest BCUT2D eigenvalue weighted by atomic mass is 9.94. The zero-order valence-corrected chi connectivity index (χ0v) is 9.71. The Kier molecular flexibility index (Phi) is 3.74. The molecule has 1 atom stereocenters. The Hall–Kier alpha value is -1.42. The van der Waals surface area contributed by atoms with E-state index < -0.39 is 6.10 Å². The minimum Gasteiger partial charge on any atom is -0.392 e. The van der Waals surface area contributed by atoms with E-state index in [1.807, 2.05) is 0 Å². The lowest BCUT2D eigenvalue weighted by molar-refractivity contribution is -0.385. The van der Waals surface area contributed by atoms with Gasteiger partial charge in [0.05, 0.1) is 11.0 Å². The summed E-state index contributed by atoms with van der Waals surface area (Å²) in [6.45, 7) is 0. The van der Waals surface area contributed by atoms with E-state index in [0.29, 0.717) is 17.9 Å². The summed E-state index contributed by atoms with van der Waals surface area (Å²) >= 11 is 0. The first kappa shape index (κ1) is 12.0. The van der Waals surface area contributed by atoms with Crippen molar-refractivity contribution >= 4 is 5.69 Å². The predicted molar refractivity (Wildman–Crippen MR) is 64.8 cm³/mol. The molecule has 1 aliphatic carbocycles. The molecular formula is C13H17NO3. The standard InChI is InChI=1S/C13H17NO3/c15-13(10-5-1-2-6-10)9-11-7-3-4-8-12(11)14(16)17/h3-4,7-8,10,13,15H,1-2,5-6,9H2. The van der Waals surface area contributed by atoms with Crippen LogP contribution in [0.3, 0.4) is 0 Å². The van der Waals surface area contributed by atoms with Gasteiger partial charge in [-0.15, -0.1) is 0 Å². The lowest BCUT2D eigenvalue weighted by Crippen LogP contribution is -2.20. The van der Waals surface area contributed by atoms with E-state index in [1.54, 1.807) is 18.2 Å². The van der Waals surface area contributed by atoms with Crippen LogP contribution in [0.2, 0.25) is 0 Å². The molecule has 0 radical (unpaired) electrons. The molecule has 17 heavy (non-hydrogen) atoms. The van der Waals surface area contributed by atoms with Gasteiger partial charge in [-0.2, -0.15) is 0 Å². The maximum absolute atomic E-state index is 10.8. The van der Waals surface area contributed by atoms with Crippen molar-refractivity contribution in [1.82, 2.24) is 0 Å². The largest absolute Gasteiger partial charge is 0.392 e. The van der Waals surface area contributed by atoms with Gasteiger partial charge >= 0.3 is 0 Å². The molecule has 1 unspecified atom stereocenters. The van der Waals surface area contributed by atoms with E-state index in [1.165, 1.54) is 18.9 Å². The van der Waals surface area contributed by atoms with Crippen LogP contribution in [-0.2, 0) is 6.42 Å². The van der Waals surface area contributed by atoms with Gasteiger partial charge in [0.15, 0.2) is 0 Å². The third-order valence-electron chi connectivity index (χ3n) is 3.56. The van der Waals surface area contributed by atoms with Crippen molar-refractivity contribution in [3.8, 4) is 0 Å². The normalized spacial score (nSPS) is 18.2. The minimum absolute atomic E-state index is 0.115. The second kappa shape index (κ2) is 5.27. The second-order valence-electron chi connectivity index (χ2n) is 4.70. The number of hydrogen-bond donors (Lipinski definition) is 1. The monoisotopic (exact) mass is 235 g/mol. The molecule has 0 amide bonds. The molecule has 1 fully saturated rings. The number of aliphatic hydroxyl groups excluding tert-OH is 1. The summed E-state index contributed by atoms with van der Waals surface area (Å²) in [6, 6.07) is 6.67. The average Bonchev–Trinajstić information content (AvgIpc) is 2.83. The van der Waals surface area contributed by atoms with Gasteiger partial charge in [0, 0.05) is 18.1 Å². The van der Waals surface area contributed by atoms with Gasteiger partial charge in [-0.3, -0.25) is 10.1 Å². The molecule has 0 saturated heterocycles. The average molecular weight is 235 g/mol. The fourth-order valence-corrected chi connectivity index (χ4v) is 2.60. The van der Waals surface area contributed by atoms with Crippen LogP contribution in [-0.4, -0.2) is 16.1 Å². The van der Waals surface area contributed by atoms with E-state index in [2.05, 4.69) is 0 Å². The first-order chi connectivity index (χ1) is 8.18. The first-order valence-corrected chi connectivity index (χ1v) is 6.09. The number of nitro groups is 1. The van der Waals surface area contributed by atoms with Gasteiger partial charge in [-0.05, 0) is 18.8 Å². The van der Waals surface area contributed by atoms with Crippen molar-refractivity contribution in [2.75, 3.05) is 0 Å². The Bertz CT molecular complexity index is 399. The molecule has 0 spiro atoms. The van der Waals surface area contributed by atoms with E-state index >= 15 is 0 Å². The maximum atomic E-state index is 10.8. The highest BCUT2D eigenvalue weighted by Crippen LogP contribution is 2.30. The highest BCUT2D eigenvalue weighted by Gasteiger charge is 2.25. The Morgan fingerprint density at radius 3 is 2.65 bits per heavy atom. The smallest absolute Gasteiger partial charge is 0.272 e. The number of benzene rings is 1. The molecule has 1 aromatic carbocycles. The van der Waals surface area contributed by atoms with Gasteiger partial charge in [0.1, 0.15) is 0 Å². The van der Waals surface area contributed by atoms with Crippen LogP contribution in [0.25, 0.3) is 0 Å². The van der Waals surface area contributed by atoms with E-state index in [4.69, 9.17) is 0 Å². The first-order valence-electron chi connectivity index (χ1n) is 6.09. The third-order valence-corrected chi connectivity index (χ3v) is 3.56. The summed E-state index contributed by atoms with van der Waals surface area (Å²) in [5.41, 5.74) is 0.751. The van der Waals surface area contributed by atoms with E-state index in [0.717, 1.165) is 12.8 Å². The van der Waals surface area contributed by atoms with Gasteiger partial charge < -0.3 is 5.11 Å². The predicted octanol–water partition coefficient (Wildman–Crippen LogP) is 2.69. The number of aliphatic hydroxyl groups is 1. The Morgan fingerprint density at radius 1 is 1.35 bits per heavy atom. The summed E-state index contributed by atoms with van der Waals surface area (Å²) in [5.74, 6) is 0.315. The van der Waals surface area contributed by atoms with Crippen molar-refractivity contribution in [3.05, 3.63) is 39.9 Å². The van der Waals surface area contributed by atoms with E-state index in [-0.39, 0.29) is 10.6 Å². The molecule has 0 aliphatic heterocycles. The summed E-state index contributed by atoms with van der Waals surface area (Å²) in [7, 11) is 0. The summed E-state index contributed by atoms with van der Waals surface area (Å²) in [5, 5.41) is 20.9. The molecule has 0 aromatic heterocycles. The number of nitro benzene ring substituents is 1. The van der Waals surface area contributed by atoms with Crippen LogP contribution >= 0.6 is 0 Å². The molecule has 4 heteroatoms. The van der Waals surface area contributed by atoms with Crippen molar-refractivity contribution in [1.29, 1.82) is 0 Å². The van der Waals surface area contributed by atoms with Crippen LogP contribution in [0.4, 0.5) is 5.69 Å². The van der Waals surface area contributed by atoms with Gasteiger partial charge in [0.2, 0.25) is 0 Å². The molecule has 0 bridgehead atoms. The Morgan fingerprint density at radius 2 is 2.00 bits per heavy atom. The molecule has 4 nitrogen and oxygen atoms in total. The van der Waals surface area contributed by atoms with Gasteiger partial charge in [0.25, 0.3) is 5.69 Å². The molecule has 1 aliphatic rings. The van der Waals surface area contributed by atoms with Crippen LogP contribution in [0.1, 0.15) is 31.2 Å². The minimum atomic E-state index is -0.446. The van der Waals surface area contributed by atoms with Crippen LogP contribution in [0.15, 0.2) is 24.3 Å². The van der Waals surface area contributed by atoms with Crippen LogP contribution < -0.4 is 0 Å². The topological polar surface area (TPSA) is 63.4 Å². The fraction of sp³-hybridized carbons (Fsp3) is 0.538. The Labute approximate surface area is 100 Å². The SMILES string of the molecule is O=[N+]([O-])c1ccccc1CC(O)C1CCCC1. The zero-order chi connectivity index (χ0) is 12.3. The van der Waals surface area contributed by atoms with Gasteiger partial charge in [-0.25, -0.2) is 0 Å². The van der Waals surface area contributed by atoms with E-state index in [9.17, 15) is 15.2 Å². The third kappa shape index (κ3) is 2.82. The quantitative estimate of drug-likeness (QED) is 0.644. The zero-order valence-electron chi connectivity index (χ0n) is 9.71. The number of rotatable bonds is 4. The van der Waals surface area contributed by atoms with Crippen LogP contribution in [0, 0.1) is 16.0 Å². The highest BCUT2D eigenvalue weighted by molar-refractivity contribution is 5.40. The molecule has 1 aromatic rings. The lowest BCUT2D eigenvalue weighted by Gasteiger charge is -2.17. The van der Waals surface area contributed by atoms with Gasteiger partial charge in [-0.1, -0.05) is 31.0 Å². The summed E-state index contributed by atoms with van der Waals surface area (Å²) < 4.78 is 0. The van der Waals surface area contributed by atoms with Crippen molar-refractivity contribution in [2.24, 2.45) is 5.92 Å². The number of para-hydroxylation sites is 1. The summed E-state index contributed by atoms with van der Waals surface area (Å²) in [6.07, 6.45) is 4.36. The summed E-state index contributed by atoms with van der Waals surface area (Å²) in [4.78, 5) is 10.5. The van der Waals surface area contributed by atoms with Crippen molar-refractivity contribution in [2.45, 2.75) is 38.2 Å². The van der Waals surface area contributed by atoms with Crippen molar-refractivity contribution in [3.63, 3.8) is 0 Å². The second-order valence-corrected chi connectivity index (χ2v) is 4.70. The van der Waals surface area contributed by atoms with Crippen molar-refractivity contribution < 1.29 is 10.0 Å². The highest BCUT2D eigenvalue weighted by atomic mass is 16.6.